The van der Waals surface area contributed by atoms with Gasteiger partial charge in [-0.1, -0.05) is 43.3 Å². The Balaban J connectivity index is 2.40. The van der Waals surface area contributed by atoms with Crippen molar-refractivity contribution in [3.05, 3.63) is 35.5 Å². The van der Waals surface area contributed by atoms with Crippen molar-refractivity contribution in [2.24, 2.45) is 0 Å². The van der Waals surface area contributed by atoms with Gasteiger partial charge in [0.25, 0.3) is 0 Å². The van der Waals surface area contributed by atoms with Crippen molar-refractivity contribution in [3.8, 4) is 11.3 Å². The first-order valence-electron chi connectivity index (χ1n) is 5.34. The van der Waals surface area contributed by atoms with E-state index in [1.165, 1.54) is 5.56 Å². The van der Waals surface area contributed by atoms with E-state index in [1.54, 1.807) is 0 Å². The molecule has 1 aromatic heterocycles. The van der Waals surface area contributed by atoms with E-state index in [-0.39, 0.29) is 5.69 Å². The molecule has 88 valence electrons. The summed E-state index contributed by atoms with van der Waals surface area (Å²) in [6.07, 6.45) is 0. The lowest BCUT2D eigenvalue weighted by atomic mass is 10.0. The number of carbonyl (C=O) groups is 1. The van der Waals surface area contributed by atoms with E-state index >= 15 is 0 Å². The number of benzene rings is 1. The molecule has 0 saturated carbocycles. The molecule has 5 nitrogen and oxygen atoms in total. The van der Waals surface area contributed by atoms with E-state index in [0.29, 0.717) is 11.6 Å². The molecule has 2 N–H and O–H groups in total. The van der Waals surface area contributed by atoms with E-state index < -0.39 is 5.97 Å². The van der Waals surface area contributed by atoms with Crippen molar-refractivity contribution in [1.82, 2.24) is 15.4 Å². The maximum absolute atomic E-state index is 10.9. The number of aromatic amines is 1. The Kier molecular flexibility index (Phi) is 2.91. The molecule has 0 atom stereocenters. The van der Waals surface area contributed by atoms with Gasteiger partial charge in [-0.3, -0.25) is 5.10 Å². The molecule has 17 heavy (non-hydrogen) atoms. The summed E-state index contributed by atoms with van der Waals surface area (Å²) in [4.78, 5) is 10.9. The van der Waals surface area contributed by atoms with Crippen LogP contribution in [-0.4, -0.2) is 26.5 Å². The summed E-state index contributed by atoms with van der Waals surface area (Å²) < 4.78 is 0. The van der Waals surface area contributed by atoms with Crippen molar-refractivity contribution >= 4 is 5.97 Å². The maximum Gasteiger partial charge on any atom is 0.356 e. The van der Waals surface area contributed by atoms with Gasteiger partial charge in [0.05, 0.1) is 0 Å². The largest absolute Gasteiger partial charge is 0.476 e. The average Bonchev–Trinajstić information content (AvgIpc) is 2.78. The van der Waals surface area contributed by atoms with Crippen molar-refractivity contribution in [2.45, 2.75) is 19.8 Å². The number of carboxylic acid groups (broad SMARTS) is 1. The molecule has 0 radical (unpaired) electrons. The summed E-state index contributed by atoms with van der Waals surface area (Å²) in [6.45, 7) is 4.21. The summed E-state index contributed by atoms with van der Waals surface area (Å²) >= 11 is 0. The smallest absolute Gasteiger partial charge is 0.356 e. The average molecular weight is 231 g/mol. The normalized spacial score (nSPS) is 10.8. The Morgan fingerprint density at radius 1 is 1.29 bits per heavy atom. The molecule has 2 rings (SSSR count). The molecule has 0 fully saturated rings. The van der Waals surface area contributed by atoms with Crippen molar-refractivity contribution in [1.29, 1.82) is 0 Å². The number of nitrogens with one attached hydrogen (secondary N) is 1. The Bertz CT molecular complexity index is 529. The molecule has 0 spiro atoms. The van der Waals surface area contributed by atoms with Crippen molar-refractivity contribution in [3.63, 3.8) is 0 Å². The van der Waals surface area contributed by atoms with E-state index in [9.17, 15) is 4.79 Å². The van der Waals surface area contributed by atoms with Crippen LogP contribution in [0.15, 0.2) is 24.3 Å². The monoisotopic (exact) mass is 231 g/mol. The van der Waals surface area contributed by atoms with Gasteiger partial charge in [0, 0.05) is 5.56 Å². The number of H-pyrrole nitrogens is 1. The third-order valence-electron chi connectivity index (χ3n) is 2.61. The highest BCUT2D eigenvalue weighted by Crippen LogP contribution is 2.22. The standard InChI is InChI=1S/C12H13N3O2/c1-7(2)8-3-5-9(6-4-8)10-11(12(16)17)14-15-13-10/h3-7H,1-2H3,(H,16,17)(H,13,14,15). The van der Waals surface area contributed by atoms with Crippen LogP contribution in [0.25, 0.3) is 11.3 Å². The fourth-order valence-corrected chi connectivity index (χ4v) is 1.61. The second-order valence-corrected chi connectivity index (χ2v) is 4.12. The van der Waals surface area contributed by atoms with Crippen molar-refractivity contribution < 1.29 is 9.90 Å². The molecule has 0 aliphatic rings. The van der Waals surface area contributed by atoms with Gasteiger partial charge in [-0.05, 0) is 11.5 Å². The molecule has 0 aliphatic carbocycles. The molecule has 0 aliphatic heterocycles. The third-order valence-corrected chi connectivity index (χ3v) is 2.61. The Morgan fingerprint density at radius 2 is 1.94 bits per heavy atom. The summed E-state index contributed by atoms with van der Waals surface area (Å²) in [5, 5.41) is 18.6. The second-order valence-electron chi connectivity index (χ2n) is 4.12. The van der Waals surface area contributed by atoms with Crippen LogP contribution in [-0.2, 0) is 0 Å². The second kappa shape index (κ2) is 4.37. The third kappa shape index (κ3) is 2.18. The molecular formula is C12H13N3O2. The molecule has 0 bridgehead atoms. The number of aromatic carboxylic acids is 1. The first-order chi connectivity index (χ1) is 8.09. The van der Waals surface area contributed by atoms with Crippen LogP contribution in [0.5, 0.6) is 0 Å². The topological polar surface area (TPSA) is 78.9 Å². The fraction of sp³-hybridized carbons (Fsp3) is 0.250. The van der Waals surface area contributed by atoms with Crippen LogP contribution in [0, 0.1) is 0 Å². The number of carboxylic acids is 1. The molecule has 0 amide bonds. The summed E-state index contributed by atoms with van der Waals surface area (Å²) in [6, 6.07) is 7.67. The Labute approximate surface area is 98.5 Å². The van der Waals surface area contributed by atoms with E-state index in [0.717, 1.165) is 5.56 Å². The molecule has 5 heteroatoms. The van der Waals surface area contributed by atoms with Gasteiger partial charge in [-0.15, -0.1) is 5.10 Å². The zero-order valence-corrected chi connectivity index (χ0v) is 9.64. The fourth-order valence-electron chi connectivity index (χ4n) is 1.61. The highest BCUT2D eigenvalue weighted by atomic mass is 16.4. The lowest BCUT2D eigenvalue weighted by Crippen LogP contribution is -1.99. The van der Waals surface area contributed by atoms with Crippen LogP contribution in [0.3, 0.4) is 0 Å². The molecular weight excluding hydrogens is 218 g/mol. The predicted molar refractivity (Wildman–Crippen MR) is 62.9 cm³/mol. The minimum atomic E-state index is -1.06. The number of aromatic nitrogens is 3. The van der Waals surface area contributed by atoms with Gasteiger partial charge in [-0.25, -0.2) is 4.79 Å². The van der Waals surface area contributed by atoms with Gasteiger partial charge >= 0.3 is 5.97 Å². The van der Waals surface area contributed by atoms with Gasteiger partial charge in [-0.2, -0.15) is 0 Å². The van der Waals surface area contributed by atoms with Crippen LogP contribution in [0.2, 0.25) is 0 Å². The van der Waals surface area contributed by atoms with Crippen LogP contribution >= 0.6 is 0 Å². The van der Waals surface area contributed by atoms with Gasteiger partial charge in [0.2, 0.25) is 0 Å². The van der Waals surface area contributed by atoms with E-state index in [1.807, 2.05) is 24.3 Å². The molecule has 2 aromatic rings. The number of hydrogen-bond donors (Lipinski definition) is 2. The number of hydrogen-bond acceptors (Lipinski definition) is 3. The SMILES string of the molecule is CC(C)c1ccc(-c2nn[nH]c2C(=O)O)cc1. The lowest BCUT2D eigenvalue weighted by Gasteiger charge is -2.05. The number of nitrogens with zero attached hydrogens (tertiary/aromatic N) is 2. The molecule has 1 heterocycles. The predicted octanol–water partition coefficient (Wildman–Crippen LogP) is 2.29. The van der Waals surface area contributed by atoms with Crippen LogP contribution in [0.1, 0.15) is 35.8 Å². The van der Waals surface area contributed by atoms with Crippen LogP contribution in [0.4, 0.5) is 0 Å². The zero-order valence-electron chi connectivity index (χ0n) is 9.64. The molecule has 0 saturated heterocycles. The Morgan fingerprint density at radius 3 is 2.47 bits per heavy atom. The summed E-state index contributed by atoms with van der Waals surface area (Å²) in [5.74, 6) is -0.613. The van der Waals surface area contributed by atoms with Crippen molar-refractivity contribution in [2.75, 3.05) is 0 Å². The summed E-state index contributed by atoms with van der Waals surface area (Å²) in [5.41, 5.74) is 2.34. The highest BCUT2D eigenvalue weighted by Gasteiger charge is 2.15. The van der Waals surface area contributed by atoms with Gasteiger partial charge in [0.15, 0.2) is 5.69 Å². The zero-order chi connectivity index (χ0) is 12.4. The van der Waals surface area contributed by atoms with Gasteiger partial charge < -0.3 is 5.11 Å². The quantitative estimate of drug-likeness (QED) is 0.849. The number of rotatable bonds is 3. The maximum atomic E-state index is 10.9. The molecule has 0 unspecified atom stereocenters. The highest BCUT2D eigenvalue weighted by molar-refractivity contribution is 5.92. The lowest BCUT2D eigenvalue weighted by molar-refractivity contribution is 0.0691. The first-order valence-corrected chi connectivity index (χ1v) is 5.34. The molecule has 1 aromatic carbocycles. The van der Waals surface area contributed by atoms with E-state index in [4.69, 9.17) is 5.11 Å². The Hall–Kier alpha value is -2.17. The van der Waals surface area contributed by atoms with E-state index in [2.05, 4.69) is 29.3 Å². The first kappa shape index (κ1) is 11.3. The minimum absolute atomic E-state index is 0.0160. The minimum Gasteiger partial charge on any atom is -0.476 e. The van der Waals surface area contributed by atoms with Crippen LogP contribution < -0.4 is 0 Å². The summed E-state index contributed by atoms with van der Waals surface area (Å²) in [7, 11) is 0. The van der Waals surface area contributed by atoms with Gasteiger partial charge in [0.1, 0.15) is 5.69 Å².